The summed E-state index contributed by atoms with van der Waals surface area (Å²) in [5.74, 6) is -2.76. The van der Waals surface area contributed by atoms with Crippen LogP contribution in [0.5, 0.6) is 17.2 Å². The summed E-state index contributed by atoms with van der Waals surface area (Å²) in [4.78, 5) is 28.2. The Kier molecular flexibility index (Phi) is 6.40. The van der Waals surface area contributed by atoms with E-state index < -0.39 is 29.4 Å². The zero-order valence-electron chi connectivity index (χ0n) is 18.1. The number of pyridine rings is 1. The van der Waals surface area contributed by atoms with Gasteiger partial charge in [0, 0.05) is 23.7 Å². The van der Waals surface area contributed by atoms with Crippen LogP contribution in [0.25, 0.3) is 10.9 Å². The van der Waals surface area contributed by atoms with E-state index in [1.54, 1.807) is 6.07 Å². The van der Waals surface area contributed by atoms with Crippen molar-refractivity contribution in [1.29, 1.82) is 0 Å². The summed E-state index contributed by atoms with van der Waals surface area (Å²) < 4.78 is 52.3. The van der Waals surface area contributed by atoms with Gasteiger partial charge >= 0.3 is 6.03 Å². The van der Waals surface area contributed by atoms with Crippen molar-refractivity contribution in [1.82, 2.24) is 4.98 Å². The van der Waals surface area contributed by atoms with E-state index in [9.17, 15) is 22.8 Å². The van der Waals surface area contributed by atoms with Crippen LogP contribution in [-0.4, -0.2) is 24.0 Å². The average Bonchev–Trinajstić information content (AvgIpc) is 2.82. The third-order valence-electron chi connectivity index (χ3n) is 4.90. The molecule has 0 radical (unpaired) electrons. The summed E-state index contributed by atoms with van der Waals surface area (Å²) in [5.41, 5.74) is 5.31. The van der Waals surface area contributed by atoms with E-state index in [0.29, 0.717) is 11.5 Å². The molecule has 0 atom stereocenters. The number of aromatic nitrogens is 1. The number of nitrogens with one attached hydrogen (secondary N) is 2. The molecule has 0 aliphatic heterocycles. The molecule has 11 heteroatoms. The van der Waals surface area contributed by atoms with Gasteiger partial charge in [0.1, 0.15) is 40.3 Å². The Bertz CT molecular complexity index is 1460. The van der Waals surface area contributed by atoms with Gasteiger partial charge in [-0.2, -0.15) is 0 Å². The second-order valence-corrected chi connectivity index (χ2v) is 7.16. The molecule has 1 aromatic heterocycles. The third kappa shape index (κ3) is 4.93. The number of anilines is 2. The predicted octanol–water partition coefficient (Wildman–Crippen LogP) is 5.20. The number of nitrogens with zero attached hydrogens (tertiary/aromatic N) is 1. The van der Waals surface area contributed by atoms with Crippen LogP contribution in [0.4, 0.5) is 29.3 Å². The topological polar surface area (TPSA) is 116 Å². The van der Waals surface area contributed by atoms with Crippen LogP contribution in [0, 0.1) is 17.5 Å². The Hall–Kier alpha value is -4.80. The lowest BCUT2D eigenvalue weighted by molar-refractivity contribution is 0.0999. The molecule has 0 aliphatic carbocycles. The van der Waals surface area contributed by atoms with Crippen LogP contribution in [-0.2, 0) is 0 Å². The molecule has 4 N–H and O–H groups in total. The van der Waals surface area contributed by atoms with E-state index in [1.165, 1.54) is 37.6 Å². The number of nitrogens with two attached hydrogens (primary N) is 1. The van der Waals surface area contributed by atoms with Gasteiger partial charge in [-0.3, -0.25) is 9.78 Å². The van der Waals surface area contributed by atoms with Gasteiger partial charge in [-0.15, -0.1) is 0 Å². The van der Waals surface area contributed by atoms with Gasteiger partial charge < -0.3 is 25.8 Å². The Morgan fingerprint density at radius 2 is 1.57 bits per heavy atom. The molecule has 8 nitrogen and oxygen atoms in total. The van der Waals surface area contributed by atoms with Crippen molar-refractivity contribution in [3.05, 3.63) is 83.8 Å². The molecule has 0 aliphatic rings. The highest BCUT2D eigenvalue weighted by molar-refractivity contribution is 6.08. The minimum absolute atomic E-state index is 0.0739. The number of rotatable bonds is 6. The number of hydrogen-bond donors (Lipinski definition) is 3. The lowest BCUT2D eigenvalue weighted by Gasteiger charge is -2.13. The highest BCUT2D eigenvalue weighted by atomic mass is 19.1. The van der Waals surface area contributed by atoms with E-state index >= 15 is 0 Å². The van der Waals surface area contributed by atoms with Crippen LogP contribution in [0.2, 0.25) is 0 Å². The number of ether oxygens (including phenoxy) is 2. The molecular formula is C24H17F3N4O4. The maximum Gasteiger partial charge on any atom is 0.323 e. The van der Waals surface area contributed by atoms with Crippen molar-refractivity contribution in [3.63, 3.8) is 0 Å². The molecular weight excluding hydrogens is 465 g/mol. The van der Waals surface area contributed by atoms with E-state index in [2.05, 4.69) is 15.6 Å². The van der Waals surface area contributed by atoms with E-state index in [4.69, 9.17) is 15.2 Å². The number of carbonyl (C=O) groups excluding carboxylic acids is 2. The fraction of sp³-hybridized carbons (Fsp3) is 0.0417. The van der Waals surface area contributed by atoms with Gasteiger partial charge in [-0.1, -0.05) is 0 Å². The van der Waals surface area contributed by atoms with Crippen molar-refractivity contribution >= 4 is 34.2 Å². The number of urea groups is 1. The molecule has 0 saturated heterocycles. The molecule has 0 fully saturated rings. The first-order valence-corrected chi connectivity index (χ1v) is 10.0. The number of methoxy groups -OCH3 is 1. The minimum atomic E-state index is -0.980. The SMILES string of the molecule is COc1ccc2c(Oc3ccc(NC(=O)Nc4ccc(F)cc4F)c(F)c3)ccnc2c1C(N)=O. The first-order valence-electron chi connectivity index (χ1n) is 10.0. The number of halogens is 3. The van der Waals surface area contributed by atoms with Crippen LogP contribution >= 0.6 is 0 Å². The quantitative estimate of drug-likeness (QED) is 0.350. The van der Waals surface area contributed by atoms with E-state index in [0.717, 1.165) is 18.2 Å². The highest BCUT2D eigenvalue weighted by Gasteiger charge is 2.18. The lowest BCUT2D eigenvalue weighted by atomic mass is 10.1. The van der Waals surface area contributed by atoms with Crippen molar-refractivity contribution in [2.75, 3.05) is 17.7 Å². The fourth-order valence-corrected chi connectivity index (χ4v) is 3.33. The molecule has 4 aromatic rings. The summed E-state index contributed by atoms with van der Waals surface area (Å²) in [7, 11) is 1.39. The van der Waals surface area contributed by atoms with Gasteiger partial charge in [0.05, 0.1) is 24.0 Å². The van der Waals surface area contributed by atoms with Gasteiger partial charge in [0.15, 0.2) is 0 Å². The van der Waals surface area contributed by atoms with Crippen molar-refractivity contribution < 1.29 is 32.2 Å². The largest absolute Gasteiger partial charge is 0.496 e. The molecule has 0 bridgehead atoms. The third-order valence-corrected chi connectivity index (χ3v) is 4.90. The molecule has 35 heavy (non-hydrogen) atoms. The molecule has 0 unspecified atom stereocenters. The van der Waals surface area contributed by atoms with Crippen molar-refractivity contribution in [2.45, 2.75) is 0 Å². The van der Waals surface area contributed by atoms with Crippen LogP contribution in [0.1, 0.15) is 10.4 Å². The first-order chi connectivity index (χ1) is 16.8. The zero-order chi connectivity index (χ0) is 25.1. The summed E-state index contributed by atoms with van der Waals surface area (Å²) >= 11 is 0. The zero-order valence-corrected chi connectivity index (χ0v) is 18.1. The second kappa shape index (κ2) is 9.59. The summed E-state index contributed by atoms with van der Waals surface area (Å²) in [5, 5.41) is 4.84. The van der Waals surface area contributed by atoms with Gasteiger partial charge in [-0.25, -0.2) is 18.0 Å². The fourth-order valence-electron chi connectivity index (χ4n) is 3.33. The second-order valence-electron chi connectivity index (χ2n) is 7.16. The number of hydrogen-bond acceptors (Lipinski definition) is 5. The number of benzene rings is 3. The number of fused-ring (bicyclic) bond motifs is 1. The van der Waals surface area contributed by atoms with Crippen LogP contribution in [0.15, 0.2) is 60.8 Å². The molecule has 1 heterocycles. The number of carbonyl (C=O) groups is 2. The Balaban J connectivity index is 1.55. The molecule has 0 saturated carbocycles. The monoisotopic (exact) mass is 482 g/mol. The summed E-state index contributed by atoms with van der Waals surface area (Å²) in [6, 6.07) is 10.0. The minimum Gasteiger partial charge on any atom is -0.496 e. The molecule has 0 spiro atoms. The Morgan fingerprint density at radius 3 is 2.20 bits per heavy atom. The van der Waals surface area contributed by atoms with Gasteiger partial charge in [0.25, 0.3) is 5.91 Å². The van der Waals surface area contributed by atoms with Crippen LogP contribution < -0.4 is 25.8 Å². The Morgan fingerprint density at radius 1 is 0.886 bits per heavy atom. The van der Waals surface area contributed by atoms with Gasteiger partial charge in [0.2, 0.25) is 0 Å². The maximum atomic E-state index is 14.6. The standard InChI is InChI=1S/C24H17F3N4O4/c1-34-20-7-4-14-19(8-9-29-22(14)21(20)23(28)32)35-13-3-6-18(16(27)11-13)31-24(33)30-17-5-2-12(25)10-15(17)26/h2-11H,1H3,(H2,28,32)(H2,30,31,33). The summed E-state index contributed by atoms with van der Waals surface area (Å²) in [6.07, 6.45) is 1.40. The smallest absolute Gasteiger partial charge is 0.323 e. The number of amides is 3. The molecule has 4 rings (SSSR count). The van der Waals surface area contributed by atoms with Crippen molar-refractivity contribution in [3.8, 4) is 17.2 Å². The molecule has 178 valence electrons. The highest BCUT2D eigenvalue weighted by Crippen LogP contribution is 2.34. The maximum absolute atomic E-state index is 14.6. The summed E-state index contributed by atoms with van der Waals surface area (Å²) in [6.45, 7) is 0. The number of primary amides is 1. The van der Waals surface area contributed by atoms with Crippen molar-refractivity contribution in [2.24, 2.45) is 5.73 Å². The Labute approximate surface area is 196 Å². The normalized spacial score (nSPS) is 10.6. The van der Waals surface area contributed by atoms with Gasteiger partial charge in [-0.05, 0) is 42.5 Å². The average molecular weight is 482 g/mol. The first kappa shape index (κ1) is 23.4. The van der Waals surface area contributed by atoms with E-state index in [-0.39, 0.29) is 39.7 Å². The predicted molar refractivity (Wildman–Crippen MR) is 122 cm³/mol. The van der Waals surface area contributed by atoms with E-state index in [1.807, 2.05) is 0 Å². The molecule has 3 aromatic carbocycles. The lowest BCUT2D eigenvalue weighted by Crippen LogP contribution is -2.20. The van der Waals surface area contributed by atoms with Crippen LogP contribution in [0.3, 0.4) is 0 Å². The molecule has 3 amide bonds.